The Morgan fingerprint density at radius 2 is 1.29 bits per heavy atom. The molecule has 0 unspecified atom stereocenters. The SMILES string of the molecule is O=C1c2cnoc2C(=O)c2cnoc21. The van der Waals surface area contributed by atoms with Crippen LogP contribution < -0.4 is 0 Å². The molecule has 0 fully saturated rings. The molecule has 68 valence electrons. The van der Waals surface area contributed by atoms with E-state index in [0.717, 1.165) is 0 Å². The highest BCUT2D eigenvalue weighted by Gasteiger charge is 2.36. The molecule has 2 aromatic heterocycles. The summed E-state index contributed by atoms with van der Waals surface area (Å²) in [4.78, 5) is 23.2. The van der Waals surface area contributed by atoms with Gasteiger partial charge in [0.25, 0.3) is 0 Å². The summed E-state index contributed by atoms with van der Waals surface area (Å²) in [5, 5.41) is 6.78. The molecule has 6 nitrogen and oxygen atoms in total. The highest BCUT2D eigenvalue weighted by molar-refractivity contribution is 6.25. The van der Waals surface area contributed by atoms with E-state index in [4.69, 9.17) is 0 Å². The molecule has 0 N–H and O–H groups in total. The minimum Gasteiger partial charge on any atom is -0.352 e. The van der Waals surface area contributed by atoms with Gasteiger partial charge in [-0.15, -0.1) is 0 Å². The standard InChI is InChI=1S/C8H2N2O4/c11-5-3-1-9-13-7(3)6(12)4-2-10-14-8(4)5/h1-2H. The van der Waals surface area contributed by atoms with E-state index in [-0.39, 0.29) is 22.6 Å². The first-order valence-electron chi connectivity index (χ1n) is 3.78. The molecule has 0 radical (unpaired) electrons. The van der Waals surface area contributed by atoms with E-state index in [2.05, 4.69) is 19.4 Å². The third kappa shape index (κ3) is 0.657. The fraction of sp³-hybridized carbons (Fsp3) is 0. The Labute approximate surface area is 76.5 Å². The molecule has 0 saturated carbocycles. The van der Waals surface area contributed by atoms with Crippen molar-refractivity contribution in [1.29, 1.82) is 0 Å². The zero-order valence-electron chi connectivity index (χ0n) is 6.68. The number of ketones is 2. The lowest BCUT2D eigenvalue weighted by Gasteiger charge is -2.03. The predicted octanol–water partition coefficient (Wildman–Crippen LogP) is 0.438. The van der Waals surface area contributed by atoms with E-state index in [1.807, 2.05) is 0 Å². The van der Waals surface area contributed by atoms with Gasteiger partial charge in [0, 0.05) is 0 Å². The van der Waals surface area contributed by atoms with Crippen LogP contribution in [0.3, 0.4) is 0 Å². The number of hydrogen-bond acceptors (Lipinski definition) is 6. The summed E-state index contributed by atoms with van der Waals surface area (Å²) < 4.78 is 9.35. The Morgan fingerprint density at radius 1 is 0.857 bits per heavy atom. The monoisotopic (exact) mass is 190 g/mol. The number of nitrogens with zero attached hydrogens (tertiary/aromatic N) is 2. The quantitative estimate of drug-likeness (QED) is 0.511. The summed E-state index contributed by atoms with van der Waals surface area (Å²) in [5.74, 6) is -0.946. The summed E-state index contributed by atoms with van der Waals surface area (Å²) >= 11 is 0. The maximum atomic E-state index is 11.6. The van der Waals surface area contributed by atoms with E-state index in [9.17, 15) is 9.59 Å². The second-order valence-corrected chi connectivity index (χ2v) is 2.80. The van der Waals surface area contributed by atoms with Crippen molar-refractivity contribution in [3.63, 3.8) is 0 Å². The van der Waals surface area contributed by atoms with Gasteiger partial charge in [-0.1, -0.05) is 10.3 Å². The van der Waals surface area contributed by atoms with Crippen LogP contribution in [0, 0.1) is 0 Å². The smallest absolute Gasteiger partial charge is 0.237 e. The van der Waals surface area contributed by atoms with Crippen LogP contribution in [0.4, 0.5) is 0 Å². The van der Waals surface area contributed by atoms with Gasteiger partial charge < -0.3 is 9.05 Å². The van der Waals surface area contributed by atoms with Crippen molar-refractivity contribution < 1.29 is 18.6 Å². The summed E-state index contributed by atoms with van der Waals surface area (Å²) in [5.41, 5.74) is 0.249. The summed E-state index contributed by atoms with van der Waals surface area (Å²) in [6, 6.07) is 0. The molecule has 1 aliphatic carbocycles. The lowest BCUT2D eigenvalue weighted by molar-refractivity contribution is 0.0935. The summed E-state index contributed by atoms with van der Waals surface area (Å²) in [6.07, 6.45) is 2.39. The molecule has 0 aromatic carbocycles. The van der Waals surface area contributed by atoms with Crippen LogP contribution >= 0.6 is 0 Å². The van der Waals surface area contributed by atoms with Gasteiger partial charge in [0.05, 0.1) is 23.5 Å². The van der Waals surface area contributed by atoms with Gasteiger partial charge in [-0.25, -0.2) is 0 Å². The van der Waals surface area contributed by atoms with Crippen LogP contribution in [0.1, 0.15) is 32.2 Å². The van der Waals surface area contributed by atoms with Crippen molar-refractivity contribution >= 4 is 11.6 Å². The normalized spacial score (nSPS) is 14.0. The van der Waals surface area contributed by atoms with E-state index in [1.54, 1.807) is 0 Å². The Hall–Kier alpha value is -2.24. The van der Waals surface area contributed by atoms with Gasteiger partial charge in [-0.3, -0.25) is 9.59 Å². The van der Waals surface area contributed by atoms with Crippen LogP contribution in [0.15, 0.2) is 21.4 Å². The molecule has 0 bridgehead atoms. The average molecular weight is 190 g/mol. The Morgan fingerprint density at radius 3 is 1.71 bits per heavy atom. The third-order valence-electron chi connectivity index (χ3n) is 2.04. The van der Waals surface area contributed by atoms with Gasteiger partial charge in [0.15, 0.2) is 0 Å². The number of hydrogen-bond donors (Lipinski definition) is 0. The molecular formula is C8H2N2O4. The minimum atomic E-state index is -0.423. The number of fused-ring (bicyclic) bond motifs is 2. The highest BCUT2D eigenvalue weighted by atomic mass is 16.5. The molecule has 2 aromatic rings. The average Bonchev–Trinajstić information content (AvgIpc) is 2.82. The first kappa shape index (κ1) is 7.19. The van der Waals surface area contributed by atoms with Crippen molar-refractivity contribution in [3.05, 3.63) is 35.0 Å². The first-order valence-corrected chi connectivity index (χ1v) is 3.78. The maximum Gasteiger partial charge on any atom is 0.237 e. The van der Waals surface area contributed by atoms with Crippen LogP contribution in [-0.2, 0) is 0 Å². The lowest BCUT2D eigenvalue weighted by atomic mass is 9.95. The second-order valence-electron chi connectivity index (χ2n) is 2.80. The second kappa shape index (κ2) is 2.16. The predicted molar refractivity (Wildman–Crippen MR) is 39.9 cm³/mol. The maximum absolute atomic E-state index is 11.6. The molecule has 0 saturated heterocycles. The summed E-state index contributed by atoms with van der Waals surface area (Å²) in [6.45, 7) is 0. The van der Waals surface area contributed by atoms with Crippen LogP contribution in [0.5, 0.6) is 0 Å². The van der Waals surface area contributed by atoms with Gasteiger partial charge in [-0.2, -0.15) is 0 Å². The number of rotatable bonds is 0. The molecule has 14 heavy (non-hydrogen) atoms. The van der Waals surface area contributed by atoms with Gasteiger partial charge in [0.2, 0.25) is 23.1 Å². The Kier molecular flexibility index (Phi) is 1.11. The van der Waals surface area contributed by atoms with Crippen molar-refractivity contribution in [3.8, 4) is 0 Å². The molecular weight excluding hydrogens is 188 g/mol. The first-order chi connectivity index (χ1) is 6.79. The van der Waals surface area contributed by atoms with Crippen LogP contribution in [0.25, 0.3) is 0 Å². The lowest BCUT2D eigenvalue weighted by Crippen LogP contribution is -2.16. The third-order valence-corrected chi connectivity index (χ3v) is 2.04. The van der Waals surface area contributed by atoms with E-state index in [0.29, 0.717) is 0 Å². The van der Waals surface area contributed by atoms with E-state index >= 15 is 0 Å². The Balaban J connectivity index is 2.37. The van der Waals surface area contributed by atoms with Crippen LogP contribution in [0.2, 0.25) is 0 Å². The van der Waals surface area contributed by atoms with Crippen molar-refractivity contribution in [2.24, 2.45) is 0 Å². The molecule has 0 amide bonds. The molecule has 2 heterocycles. The summed E-state index contributed by atoms with van der Waals surface area (Å²) in [7, 11) is 0. The fourth-order valence-corrected chi connectivity index (χ4v) is 1.37. The topological polar surface area (TPSA) is 86.2 Å². The van der Waals surface area contributed by atoms with Crippen molar-refractivity contribution in [2.75, 3.05) is 0 Å². The van der Waals surface area contributed by atoms with Crippen molar-refractivity contribution in [1.82, 2.24) is 10.3 Å². The van der Waals surface area contributed by atoms with E-state index < -0.39 is 11.6 Å². The molecule has 3 rings (SSSR count). The van der Waals surface area contributed by atoms with Gasteiger partial charge in [0.1, 0.15) is 0 Å². The van der Waals surface area contributed by atoms with E-state index in [1.165, 1.54) is 12.4 Å². The fourth-order valence-electron chi connectivity index (χ4n) is 1.37. The molecule has 0 spiro atoms. The largest absolute Gasteiger partial charge is 0.352 e. The number of carbonyl (C=O) groups is 2. The van der Waals surface area contributed by atoms with Crippen molar-refractivity contribution in [2.45, 2.75) is 0 Å². The molecule has 6 heteroatoms. The highest BCUT2D eigenvalue weighted by Crippen LogP contribution is 2.26. The zero-order valence-corrected chi connectivity index (χ0v) is 6.68. The number of carbonyl (C=O) groups excluding carboxylic acids is 2. The Bertz CT molecular complexity index is 460. The minimum absolute atomic E-state index is 0.0503. The number of aromatic nitrogens is 2. The van der Waals surface area contributed by atoms with Crippen LogP contribution in [-0.4, -0.2) is 21.9 Å². The molecule has 0 atom stereocenters. The van der Waals surface area contributed by atoms with Gasteiger partial charge in [-0.05, 0) is 0 Å². The molecule has 1 aliphatic rings. The molecule has 0 aliphatic heterocycles. The zero-order chi connectivity index (χ0) is 9.71. The van der Waals surface area contributed by atoms with Gasteiger partial charge >= 0.3 is 0 Å².